The molecule has 3 nitrogen and oxygen atoms in total. The monoisotopic (exact) mass is 160 g/mol. The molecule has 0 unspecified atom stereocenters. The Morgan fingerprint density at radius 2 is 2.42 bits per heavy atom. The first-order chi connectivity index (χ1) is 5.86. The van der Waals surface area contributed by atoms with Gasteiger partial charge in [-0.2, -0.15) is 0 Å². The molecule has 0 aromatic carbocycles. The van der Waals surface area contributed by atoms with E-state index in [2.05, 4.69) is 4.98 Å². The van der Waals surface area contributed by atoms with Crippen molar-refractivity contribution < 1.29 is 4.57 Å². The lowest BCUT2D eigenvalue weighted by Crippen LogP contribution is -2.23. The normalized spacial score (nSPS) is 10.1. The van der Waals surface area contributed by atoms with Crippen molar-refractivity contribution in [1.29, 1.82) is 0 Å². The van der Waals surface area contributed by atoms with Gasteiger partial charge in [-0.05, 0) is 12.1 Å². The van der Waals surface area contributed by atoms with Gasteiger partial charge in [0.1, 0.15) is 18.1 Å². The highest BCUT2D eigenvalue weighted by molar-refractivity contribution is 5.26. The fraction of sp³-hybridized carbons (Fsp3) is 0.111. The summed E-state index contributed by atoms with van der Waals surface area (Å²) in [6.07, 6.45) is 9.59. The highest BCUT2D eigenvalue weighted by Gasteiger charge is 2.01. The molecule has 12 heavy (non-hydrogen) atoms. The molecule has 0 N–H and O–H groups in total. The fourth-order valence-corrected chi connectivity index (χ4v) is 1.11. The molecule has 3 heteroatoms. The molecule has 0 saturated heterocycles. The first-order valence-corrected chi connectivity index (χ1v) is 3.80. The highest BCUT2D eigenvalue weighted by Crippen LogP contribution is 2.01. The Labute approximate surface area is 70.9 Å². The van der Waals surface area contributed by atoms with Crippen LogP contribution in [0, 0.1) is 0 Å². The van der Waals surface area contributed by atoms with Crippen LogP contribution in [0.5, 0.6) is 0 Å². The third-order valence-electron chi connectivity index (χ3n) is 1.71. The van der Waals surface area contributed by atoms with E-state index in [0.717, 1.165) is 5.69 Å². The number of imidazole rings is 1. The molecular formula is C9H10N3+. The van der Waals surface area contributed by atoms with E-state index >= 15 is 0 Å². The minimum absolute atomic E-state index is 1.08. The van der Waals surface area contributed by atoms with E-state index in [1.807, 2.05) is 53.2 Å². The summed E-state index contributed by atoms with van der Waals surface area (Å²) in [5.74, 6) is 0. The Morgan fingerprint density at radius 3 is 3.00 bits per heavy atom. The zero-order chi connectivity index (χ0) is 8.39. The maximum absolute atomic E-state index is 4.04. The predicted octanol–water partition coefficient (Wildman–Crippen LogP) is 0.697. The van der Waals surface area contributed by atoms with Crippen LogP contribution in [0.15, 0.2) is 43.2 Å². The summed E-state index contributed by atoms with van der Waals surface area (Å²) in [6.45, 7) is 0. The number of hydrogen-bond acceptors (Lipinski definition) is 1. The molecule has 0 atom stereocenters. The largest absolute Gasteiger partial charge is 0.260 e. The number of nitrogens with zero attached hydrogens (tertiary/aromatic N) is 3. The summed E-state index contributed by atoms with van der Waals surface area (Å²) in [5.41, 5.74) is 1.08. The summed E-state index contributed by atoms with van der Waals surface area (Å²) >= 11 is 0. The number of aromatic nitrogens is 3. The molecule has 0 aliphatic rings. The first-order valence-electron chi connectivity index (χ1n) is 3.80. The quantitative estimate of drug-likeness (QED) is 0.563. The van der Waals surface area contributed by atoms with Gasteiger partial charge in [-0.25, -0.2) is 9.13 Å². The Balaban J connectivity index is 2.45. The van der Waals surface area contributed by atoms with E-state index < -0.39 is 0 Å². The van der Waals surface area contributed by atoms with Crippen LogP contribution in [0.25, 0.3) is 5.69 Å². The van der Waals surface area contributed by atoms with Gasteiger partial charge >= 0.3 is 0 Å². The Bertz CT molecular complexity index is 364. The van der Waals surface area contributed by atoms with Gasteiger partial charge < -0.3 is 0 Å². The van der Waals surface area contributed by atoms with E-state index in [9.17, 15) is 0 Å². The molecule has 2 aromatic rings. The van der Waals surface area contributed by atoms with Crippen LogP contribution >= 0.6 is 0 Å². The van der Waals surface area contributed by atoms with Crippen LogP contribution in [0.4, 0.5) is 0 Å². The zero-order valence-electron chi connectivity index (χ0n) is 6.88. The number of hydrogen-bond donors (Lipinski definition) is 0. The lowest BCUT2D eigenvalue weighted by atomic mass is 10.4. The topological polar surface area (TPSA) is 21.7 Å². The molecule has 0 aliphatic heterocycles. The van der Waals surface area contributed by atoms with Crippen molar-refractivity contribution in [3.63, 3.8) is 0 Å². The van der Waals surface area contributed by atoms with Crippen molar-refractivity contribution >= 4 is 0 Å². The van der Waals surface area contributed by atoms with Gasteiger partial charge in [-0.1, -0.05) is 0 Å². The Hall–Kier alpha value is -1.64. The minimum Gasteiger partial charge on any atom is -0.260 e. The number of pyridine rings is 1. The smallest absolute Gasteiger partial charge is 0.248 e. The number of aryl methyl sites for hydroxylation is 1. The summed E-state index contributed by atoms with van der Waals surface area (Å²) in [4.78, 5) is 4.04. The van der Waals surface area contributed by atoms with Gasteiger partial charge in [0, 0.05) is 6.20 Å². The van der Waals surface area contributed by atoms with E-state index in [0.29, 0.717) is 0 Å². The lowest BCUT2D eigenvalue weighted by molar-refractivity contribution is -0.670. The van der Waals surface area contributed by atoms with Crippen LogP contribution in [-0.4, -0.2) is 9.55 Å². The van der Waals surface area contributed by atoms with Crippen LogP contribution in [-0.2, 0) is 7.05 Å². The fourth-order valence-electron chi connectivity index (χ4n) is 1.11. The van der Waals surface area contributed by atoms with Crippen LogP contribution < -0.4 is 4.57 Å². The van der Waals surface area contributed by atoms with Gasteiger partial charge in [0.15, 0.2) is 0 Å². The van der Waals surface area contributed by atoms with Crippen LogP contribution in [0.2, 0.25) is 0 Å². The molecule has 2 aromatic heterocycles. The molecule has 0 amide bonds. The summed E-state index contributed by atoms with van der Waals surface area (Å²) in [6, 6.07) is 3.95. The van der Waals surface area contributed by atoms with E-state index in [4.69, 9.17) is 0 Å². The third kappa shape index (κ3) is 1.21. The maximum atomic E-state index is 4.04. The summed E-state index contributed by atoms with van der Waals surface area (Å²) in [7, 11) is 1.99. The molecule has 0 radical (unpaired) electrons. The van der Waals surface area contributed by atoms with E-state index in [-0.39, 0.29) is 0 Å². The molecule has 0 fully saturated rings. The van der Waals surface area contributed by atoms with Gasteiger partial charge in [0.05, 0.1) is 13.2 Å². The second-order valence-corrected chi connectivity index (χ2v) is 2.70. The van der Waals surface area contributed by atoms with E-state index in [1.165, 1.54) is 0 Å². The van der Waals surface area contributed by atoms with Gasteiger partial charge in [-0.15, -0.1) is 0 Å². The van der Waals surface area contributed by atoms with Gasteiger partial charge in [0.2, 0.25) is 6.33 Å². The predicted molar refractivity (Wildman–Crippen MR) is 44.7 cm³/mol. The standard InChI is InChI=1S/C9H10N3/c1-11-5-6-12(8-11)9-3-2-4-10-7-9/h2-8H,1H3/q+1. The van der Waals surface area contributed by atoms with Gasteiger partial charge in [-0.3, -0.25) is 4.98 Å². The minimum atomic E-state index is 1.08. The van der Waals surface area contributed by atoms with Crippen LogP contribution in [0.3, 0.4) is 0 Å². The Morgan fingerprint density at radius 1 is 1.50 bits per heavy atom. The van der Waals surface area contributed by atoms with Crippen molar-refractivity contribution in [2.75, 3.05) is 0 Å². The molecular weight excluding hydrogens is 150 g/mol. The van der Waals surface area contributed by atoms with Crippen molar-refractivity contribution in [1.82, 2.24) is 9.55 Å². The average molecular weight is 160 g/mol. The maximum Gasteiger partial charge on any atom is 0.248 e. The molecule has 0 aliphatic carbocycles. The molecule has 0 spiro atoms. The van der Waals surface area contributed by atoms with Gasteiger partial charge in [0.25, 0.3) is 0 Å². The van der Waals surface area contributed by atoms with E-state index in [1.54, 1.807) is 6.20 Å². The lowest BCUT2D eigenvalue weighted by Gasteiger charge is -1.91. The second-order valence-electron chi connectivity index (χ2n) is 2.70. The summed E-state index contributed by atoms with van der Waals surface area (Å²) < 4.78 is 4.01. The zero-order valence-corrected chi connectivity index (χ0v) is 6.88. The molecule has 2 rings (SSSR count). The Kier molecular flexibility index (Phi) is 1.63. The number of rotatable bonds is 1. The van der Waals surface area contributed by atoms with Crippen molar-refractivity contribution in [2.45, 2.75) is 0 Å². The molecule has 0 saturated carbocycles. The molecule has 0 bridgehead atoms. The SMILES string of the molecule is C[n+]1ccn(-c2cccnc2)c1. The van der Waals surface area contributed by atoms with Crippen molar-refractivity contribution in [3.8, 4) is 5.69 Å². The van der Waals surface area contributed by atoms with Crippen LogP contribution in [0.1, 0.15) is 0 Å². The van der Waals surface area contributed by atoms with Crippen molar-refractivity contribution in [2.24, 2.45) is 7.05 Å². The highest BCUT2D eigenvalue weighted by atomic mass is 15.1. The third-order valence-corrected chi connectivity index (χ3v) is 1.71. The summed E-state index contributed by atoms with van der Waals surface area (Å²) in [5, 5.41) is 0. The molecule has 2 heterocycles. The molecule has 60 valence electrons. The first kappa shape index (κ1) is 7.03. The second kappa shape index (κ2) is 2.77. The average Bonchev–Trinajstić information content (AvgIpc) is 2.54. The van der Waals surface area contributed by atoms with Crippen molar-refractivity contribution in [3.05, 3.63) is 43.2 Å².